The highest BCUT2D eigenvalue weighted by Crippen LogP contribution is 2.26. The maximum Gasteiger partial charge on any atom is 0.264 e. The number of hydrogen-bond acceptors (Lipinski definition) is 3. The van der Waals surface area contributed by atoms with Crippen molar-refractivity contribution in [3.63, 3.8) is 0 Å². The van der Waals surface area contributed by atoms with Gasteiger partial charge in [0.05, 0.1) is 10.4 Å². The van der Waals surface area contributed by atoms with Gasteiger partial charge < -0.3 is 4.90 Å². The minimum absolute atomic E-state index is 0.00492. The van der Waals surface area contributed by atoms with Crippen molar-refractivity contribution in [3.05, 3.63) is 57.3 Å². The van der Waals surface area contributed by atoms with E-state index in [1.807, 2.05) is 18.4 Å². The van der Waals surface area contributed by atoms with Crippen molar-refractivity contribution in [1.82, 2.24) is 4.90 Å². The van der Waals surface area contributed by atoms with Crippen LogP contribution in [0.25, 0.3) is 0 Å². The number of nitrogens with zero attached hydrogens (tertiary/aromatic N) is 1. The lowest BCUT2D eigenvalue weighted by Gasteiger charge is -2.31. The number of benzene rings is 1. The molecule has 132 valence electrons. The molecule has 0 N–H and O–H groups in total. The first-order valence-corrected chi connectivity index (χ1v) is 9.24. The van der Waals surface area contributed by atoms with E-state index in [0.29, 0.717) is 25.9 Å². The molecule has 1 aromatic carbocycles. The molecule has 25 heavy (non-hydrogen) atoms. The fourth-order valence-corrected chi connectivity index (χ4v) is 4.16. The fraction of sp³-hybridized carbons (Fsp3) is 0.368. The van der Waals surface area contributed by atoms with Crippen molar-refractivity contribution in [2.24, 2.45) is 5.92 Å². The molecule has 0 bridgehead atoms. The number of halogens is 2. The van der Waals surface area contributed by atoms with E-state index in [9.17, 15) is 18.4 Å². The molecule has 1 fully saturated rings. The largest absolute Gasteiger partial charge is 0.338 e. The molecule has 0 radical (unpaired) electrons. The summed E-state index contributed by atoms with van der Waals surface area (Å²) in [5.41, 5.74) is 0.839. The smallest absolute Gasteiger partial charge is 0.264 e. The highest BCUT2D eigenvalue weighted by atomic mass is 32.1. The van der Waals surface area contributed by atoms with Crippen molar-refractivity contribution in [1.29, 1.82) is 0 Å². The van der Waals surface area contributed by atoms with Crippen LogP contribution in [-0.4, -0.2) is 29.7 Å². The van der Waals surface area contributed by atoms with E-state index in [2.05, 4.69) is 0 Å². The molecule has 0 atom stereocenters. The number of hydrogen-bond donors (Lipinski definition) is 0. The van der Waals surface area contributed by atoms with Crippen LogP contribution in [0.5, 0.6) is 0 Å². The Balaban J connectivity index is 1.66. The van der Waals surface area contributed by atoms with Crippen molar-refractivity contribution < 1.29 is 18.4 Å². The van der Waals surface area contributed by atoms with Crippen LogP contribution in [0.2, 0.25) is 0 Å². The first kappa shape index (κ1) is 17.7. The molecule has 3 rings (SSSR count). The molecule has 0 saturated carbocycles. The van der Waals surface area contributed by atoms with Gasteiger partial charge in [-0.2, -0.15) is 0 Å². The predicted molar refractivity (Wildman–Crippen MR) is 93.0 cm³/mol. The summed E-state index contributed by atoms with van der Waals surface area (Å²) in [4.78, 5) is 27.6. The summed E-state index contributed by atoms with van der Waals surface area (Å²) in [6.07, 6.45) is 1.74. The van der Waals surface area contributed by atoms with Crippen LogP contribution in [0.15, 0.2) is 29.6 Å². The average molecular weight is 363 g/mol. The van der Waals surface area contributed by atoms with E-state index in [-0.39, 0.29) is 23.2 Å². The van der Waals surface area contributed by atoms with Gasteiger partial charge in [-0.1, -0.05) is 6.92 Å². The zero-order valence-electron chi connectivity index (χ0n) is 13.9. The molecule has 2 aromatic rings. The molecule has 1 aliphatic heterocycles. The number of carbonyl (C=O) groups excluding carboxylic acids is 2. The third-order valence-electron chi connectivity index (χ3n) is 4.67. The molecule has 2 heterocycles. The number of likely N-dealkylation sites (tertiary alicyclic amines) is 1. The molecule has 1 aromatic heterocycles. The van der Waals surface area contributed by atoms with Gasteiger partial charge in [0.15, 0.2) is 5.78 Å². The second kappa shape index (κ2) is 7.44. The standard InChI is InChI=1S/C19H19F2NO2S/c1-2-12-7-10-25-18(12)19(24)22-8-5-13(6-9-22)17(23)15-11-14(20)3-4-16(15)21/h3-4,7,10-11,13H,2,5-6,8-9H2,1H3. The van der Waals surface area contributed by atoms with Crippen LogP contribution < -0.4 is 0 Å². The summed E-state index contributed by atoms with van der Waals surface area (Å²) >= 11 is 1.43. The zero-order valence-corrected chi connectivity index (χ0v) is 14.7. The third kappa shape index (κ3) is 3.63. The van der Waals surface area contributed by atoms with Crippen molar-refractivity contribution in [2.45, 2.75) is 26.2 Å². The molecule has 1 amide bonds. The number of piperidine rings is 1. The van der Waals surface area contributed by atoms with Gasteiger partial charge in [0.1, 0.15) is 11.6 Å². The van der Waals surface area contributed by atoms with Crippen molar-refractivity contribution >= 4 is 23.0 Å². The maximum absolute atomic E-state index is 13.8. The predicted octanol–water partition coefficient (Wildman–Crippen LogP) is 4.32. The van der Waals surface area contributed by atoms with Crippen LogP contribution in [0.4, 0.5) is 8.78 Å². The Morgan fingerprint density at radius 3 is 2.60 bits per heavy atom. The number of thiophene rings is 1. The summed E-state index contributed by atoms with van der Waals surface area (Å²) < 4.78 is 27.1. The summed E-state index contributed by atoms with van der Waals surface area (Å²) in [5, 5.41) is 1.91. The number of rotatable bonds is 4. The zero-order chi connectivity index (χ0) is 18.0. The summed E-state index contributed by atoms with van der Waals surface area (Å²) in [6, 6.07) is 4.89. The number of amides is 1. The van der Waals surface area contributed by atoms with E-state index in [1.54, 1.807) is 4.90 Å². The lowest BCUT2D eigenvalue weighted by atomic mass is 9.88. The number of aryl methyl sites for hydroxylation is 1. The van der Waals surface area contributed by atoms with Gasteiger partial charge in [-0.15, -0.1) is 11.3 Å². The van der Waals surface area contributed by atoms with Gasteiger partial charge in [0, 0.05) is 19.0 Å². The van der Waals surface area contributed by atoms with Crippen molar-refractivity contribution in [3.8, 4) is 0 Å². The van der Waals surface area contributed by atoms with Crippen LogP contribution >= 0.6 is 11.3 Å². The Hall–Kier alpha value is -2.08. The Labute approximate surface area is 149 Å². The number of carbonyl (C=O) groups is 2. The summed E-state index contributed by atoms with van der Waals surface area (Å²) in [5.74, 6) is -2.09. The molecule has 0 aliphatic carbocycles. The molecular weight excluding hydrogens is 344 g/mol. The van der Waals surface area contributed by atoms with Crippen LogP contribution in [0.3, 0.4) is 0 Å². The maximum atomic E-state index is 13.8. The molecule has 6 heteroatoms. The van der Waals surface area contributed by atoms with Crippen LogP contribution in [0, 0.1) is 17.6 Å². The van der Waals surface area contributed by atoms with E-state index in [1.165, 1.54) is 11.3 Å². The minimum Gasteiger partial charge on any atom is -0.338 e. The van der Waals surface area contributed by atoms with Gasteiger partial charge in [0.2, 0.25) is 0 Å². The van der Waals surface area contributed by atoms with Gasteiger partial charge in [-0.05, 0) is 54.5 Å². The molecular formula is C19H19F2NO2S. The van der Waals surface area contributed by atoms with Crippen LogP contribution in [-0.2, 0) is 6.42 Å². The van der Waals surface area contributed by atoms with E-state index >= 15 is 0 Å². The molecule has 1 saturated heterocycles. The normalized spacial score (nSPS) is 15.4. The van der Waals surface area contributed by atoms with Gasteiger partial charge in [-0.25, -0.2) is 8.78 Å². The summed E-state index contributed by atoms with van der Waals surface area (Å²) in [6.45, 7) is 2.91. The third-order valence-corrected chi connectivity index (χ3v) is 5.61. The van der Waals surface area contributed by atoms with Crippen LogP contribution in [0.1, 0.15) is 45.4 Å². The average Bonchev–Trinajstić information content (AvgIpc) is 3.11. The van der Waals surface area contributed by atoms with E-state index in [0.717, 1.165) is 35.1 Å². The Morgan fingerprint density at radius 2 is 1.92 bits per heavy atom. The quantitative estimate of drug-likeness (QED) is 0.759. The fourth-order valence-electron chi connectivity index (χ4n) is 3.20. The van der Waals surface area contributed by atoms with E-state index < -0.39 is 11.6 Å². The Kier molecular flexibility index (Phi) is 5.27. The second-order valence-electron chi connectivity index (χ2n) is 6.18. The second-order valence-corrected chi connectivity index (χ2v) is 7.10. The first-order chi connectivity index (χ1) is 12.0. The van der Waals surface area contributed by atoms with Crippen molar-refractivity contribution in [2.75, 3.05) is 13.1 Å². The number of Topliss-reactive ketones (excluding diaryl/α,β-unsaturated/α-hetero) is 1. The van der Waals surface area contributed by atoms with E-state index in [4.69, 9.17) is 0 Å². The summed E-state index contributed by atoms with van der Waals surface area (Å²) in [7, 11) is 0. The molecule has 3 nitrogen and oxygen atoms in total. The lowest BCUT2D eigenvalue weighted by molar-refractivity contribution is 0.0652. The Bertz CT molecular complexity index is 794. The highest BCUT2D eigenvalue weighted by Gasteiger charge is 2.30. The molecule has 0 unspecified atom stereocenters. The monoisotopic (exact) mass is 363 g/mol. The van der Waals surface area contributed by atoms with Gasteiger partial charge in [0.25, 0.3) is 5.91 Å². The molecule has 0 spiro atoms. The highest BCUT2D eigenvalue weighted by molar-refractivity contribution is 7.12. The van der Waals surface area contributed by atoms with Gasteiger partial charge in [-0.3, -0.25) is 9.59 Å². The number of ketones is 1. The minimum atomic E-state index is -0.698. The molecule has 1 aliphatic rings. The Morgan fingerprint density at radius 1 is 1.20 bits per heavy atom. The van der Waals surface area contributed by atoms with Gasteiger partial charge >= 0.3 is 0 Å². The first-order valence-electron chi connectivity index (χ1n) is 8.36. The topological polar surface area (TPSA) is 37.4 Å². The lowest BCUT2D eigenvalue weighted by Crippen LogP contribution is -2.40. The SMILES string of the molecule is CCc1ccsc1C(=O)N1CCC(C(=O)c2cc(F)ccc2F)CC1.